The molecule has 1 saturated heterocycles. The number of nitrogens with one attached hydrogen (secondary N) is 1. The summed E-state index contributed by atoms with van der Waals surface area (Å²) in [6.45, 7) is 4.33. The molecule has 27 heavy (non-hydrogen) atoms. The number of hydrogen-bond donors (Lipinski definition) is 1. The Hall–Kier alpha value is -1.64. The summed E-state index contributed by atoms with van der Waals surface area (Å²) in [7, 11) is -2.32. The first-order valence-electron chi connectivity index (χ1n) is 8.69. The summed E-state index contributed by atoms with van der Waals surface area (Å²) in [4.78, 5) is 2.35. The van der Waals surface area contributed by atoms with Gasteiger partial charge in [0.05, 0.1) is 20.3 Å². The molecule has 0 atom stereocenters. The Morgan fingerprint density at radius 1 is 1.15 bits per heavy atom. The van der Waals surface area contributed by atoms with E-state index in [-0.39, 0.29) is 17.2 Å². The van der Waals surface area contributed by atoms with E-state index in [2.05, 4.69) is 9.62 Å². The van der Waals surface area contributed by atoms with Crippen molar-refractivity contribution in [2.75, 3.05) is 33.4 Å². The van der Waals surface area contributed by atoms with Crippen molar-refractivity contribution in [3.63, 3.8) is 0 Å². The second-order valence-corrected chi connectivity index (χ2v) is 8.50. The second-order valence-electron chi connectivity index (χ2n) is 6.33. The lowest BCUT2D eigenvalue weighted by atomic mass is 10.1. The van der Waals surface area contributed by atoms with Gasteiger partial charge in [-0.3, -0.25) is 4.90 Å². The van der Waals surface area contributed by atoms with Crippen molar-refractivity contribution < 1.29 is 17.9 Å². The van der Waals surface area contributed by atoms with Gasteiger partial charge >= 0.3 is 0 Å². The third-order valence-electron chi connectivity index (χ3n) is 4.38. The smallest absolute Gasteiger partial charge is 0.244 e. The van der Waals surface area contributed by atoms with Crippen LogP contribution in [0, 0.1) is 0 Å². The third-order valence-corrected chi connectivity index (χ3v) is 6.04. The first-order chi connectivity index (χ1) is 13.0. The summed E-state index contributed by atoms with van der Waals surface area (Å²) in [5.74, 6) is 0.257. The largest absolute Gasteiger partial charge is 0.495 e. The first kappa shape index (κ1) is 20.1. The van der Waals surface area contributed by atoms with Crippen molar-refractivity contribution in [2.45, 2.75) is 18.0 Å². The van der Waals surface area contributed by atoms with Crippen LogP contribution in [0.5, 0.6) is 5.75 Å². The zero-order chi connectivity index (χ0) is 19.3. The molecule has 8 heteroatoms. The summed E-state index contributed by atoms with van der Waals surface area (Å²) in [5, 5.41) is 0.337. The molecule has 0 amide bonds. The van der Waals surface area contributed by atoms with Crippen LogP contribution in [0.4, 0.5) is 0 Å². The van der Waals surface area contributed by atoms with Gasteiger partial charge in [0.15, 0.2) is 0 Å². The Morgan fingerprint density at radius 2 is 1.89 bits per heavy atom. The number of halogens is 1. The monoisotopic (exact) mass is 410 g/mol. The molecule has 1 heterocycles. The van der Waals surface area contributed by atoms with Crippen LogP contribution in [0.15, 0.2) is 47.4 Å². The first-order valence-corrected chi connectivity index (χ1v) is 10.6. The molecule has 2 aromatic carbocycles. The van der Waals surface area contributed by atoms with Gasteiger partial charge in [-0.25, -0.2) is 13.1 Å². The number of benzene rings is 2. The van der Waals surface area contributed by atoms with Crippen LogP contribution in [0.1, 0.15) is 11.1 Å². The van der Waals surface area contributed by atoms with Gasteiger partial charge in [-0.2, -0.15) is 0 Å². The Kier molecular flexibility index (Phi) is 6.73. The summed E-state index contributed by atoms with van der Waals surface area (Å²) in [6, 6.07) is 12.4. The van der Waals surface area contributed by atoms with Gasteiger partial charge in [-0.15, -0.1) is 0 Å². The molecule has 1 aliphatic rings. The highest BCUT2D eigenvalue weighted by molar-refractivity contribution is 7.89. The van der Waals surface area contributed by atoms with E-state index in [0.717, 1.165) is 44.0 Å². The molecule has 0 radical (unpaired) electrons. The zero-order valence-electron chi connectivity index (χ0n) is 15.2. The molecule has 0 bridgehead atoms. The SMILES string of the molecule is COc1ccc(Cl)cc1S(=O)(=O)NCc1cccc(CN2CCOCC2)c1. The average Bonchev–Trinajstić information content (AvgIpc) is 2.67. The van der Waals surface area contributed by atoms with Crippen molar-refractivity contribution in [2.24, 2.45) is 0 Å². The standard InChI is InChI=1S/C19H23ClN2O4S/c1-25-18-6-5-17(20)12-19(18)27(23,24)21-13-15-3-2-4-16(11-15)14-22-7-9-26-10-8-22/h2-6,11-12,21H,7-10,13-14H2,1H3. The maximum Gasteiger partial charge on any atom is 0.244 e. The Morgan fingerprint density at radius 3 is 2.63 bits per heavy atom. The second kappa shape index (κ2) is 9.03. The van der Waals surface area contributed by atoms with E-state index in [4.69, 9.17) is 21.1 Å². The summed E-state index contributed by atoms with van der Waals surface area (Å²) in [6.07, 6.45) is 0. The highest BCUT2D eigenvalue weighted by Crippen LogP contribution is 2.27. The van der Waals surface area contributed by atoms with E-state index in [1.807, 2.05) is 24.3 Å². The van der Waals surface area contributed by atoms with E-state index in [1.54, 1.807) is 12.1 Å². The molecule has 146 valence electrons. The van der Waals surface area contributed by atoms with Gasteiger partial charge in [0.1, 0.15) is 10.6 Å². The molecule has 3 rings (SSSR count). The number of morpholine rings is 1. The van der Waals surface area contributed by atoms with E-state index >= 15 is 0 Å². The minimum Gasteiger partial charge on any atom is -0.495 e. The summed E-state index contributed by atoms with van der Waals surface area (Å²) >= 11 is 5.95. The quantitative estimate of drug-likeness (QED) is 0.760. The molecule has 1 N–H and O–H groups in total. The third kappa shape index (κ3) is 5.43. The fourth-order valence-corrected chi connectivity index (χ4v) is 4.42. The molecule has 0 saturated carbocycles. The minimum absolute atomic E-state index is 0.0296. The lowest BCUT2D eigenvalue weighted by Gasteiger charge is -2.26. The average molecular weight is 411 g/mol. The molecule has 0 unspecified atom stereocenters. The van der Waals surface area contributed by atoms with Crippen molar-refractivity contribution in [3.8, 4) is 5.75 Å². The number of rotatable bonds is 7. The Balaban J connectivity index is 1.69. The molecular formula is C19H23ClN2O4S. The topological polar surface area (TPSA) is 67.9 Å². The van der Waals surface area contributed by atoms with E-state index in [9.17, 15) is 8.42 Å². The van der Waals surface area contributed by atoms with Gasteiger partial charge < -0.3 is 9.47 Å². The number of hydrogen-bond acceptors (Lipinski definition) is 5. The van der Waals surface area contributed by atoms with Crippen molar-refractivity contribution in [1.29, 1.82) is 0 Å². The van der Waals surface area contributed by atoms with E-state index in [1.165, 1.54) is 13.2 Å². The molecule has 0 aromatic heterocycles. The van der Waals surface area contributed by atoms with Gasteiger partial charge in [-0.1, -0.05) is 35.9 Å². The zero-order valence-corrected chi connectivity index (χ0v) is 16.7. The lowest BCUT2D eigenvalue weighted by Crippen LogP contribution is -2.35. The van der Waals surface area contributed by atoms with Crippen molar-refractivity contribution >= 4 is 21.6 Å². The van der Waals surface area contributed by atoms with Crippen molar-refractivity contribution in [1.82, 2.24) is 9.62 Å². The minimum atomic E-state index is -3.75. The number of methoxy groups -OCH3 is 1. The number of sulfonamides is 1. The summed E-state index contributed by atoms with van der Waals surface area (Å²) in [5.41, 5.74) is 2.04. The van der Waals surface area contributed by atoms with Crippen LogP contribution in [0.3, 0.4) is 0 Å². The summed E-state index contributed by atoms with van der Waals surface area (Å²) < 4.78 is 38.5. The highest BCUT2D eigenvalue weighted by atomic mass is 35.5. The maximum atomic E-state index is 12.7. The predicted molar refractivity (Wildman–Crippen MR) is 105 cm³/mol. The fourth-order valence-electron chi connectivity index (χ4n) is 2.97. The van der Waals surface area contributed by atoms with Crippen LogP contribution in [-0.2, 0) is 27.8 Å². The molecule has 2 aromatic rings. The molecule has 0 spiro atoms. The molecule has 6 nitrogen and oxygen atoms in total. The van der Waals surface area contributed by atoms with Crippen LogP contribution in [0.2, 0.25) is 5.02 Å². The Bertz CT molecular complexity index is 883. The number of nitrogens with zero attached hydrogens (tertiary/aromatic N) is 1. The van der Waals surface area contributed by atoms with Crippen LogP contribution >= 0.6 is 11.6 Å². The van der Waals surface area contributed by atoms with Gasteiger partial charge in [0.25, 0.3) is 0 Å². The van der Waals surface area contributed by atoms with Gasteiger partial charge in [-0.05, 0) is 29.3 Å². The molecule has 1 fully saturated rings. The molecular weight excluding hydrogens is 388 g/mol. The Labute approximate surface area is 165 Å². The van der Waals surface area contributed by atoms with E-state index in [0.29, 0.717) is 5.02 Å². The highest BCUT2D eigenvalue weighted by Gasteiger charge is 2.20. The molecule has 0 aliphatic carbocycles. The van der Waals surface area contributed by atoms with E-state index < -0.39 is 10.0 Å². The number of ether oxygens (including phenoxy) is 2. The van der Waals surface area contributed by atoms with Gasteiger partial charge in [0, 0.05) is 31.2 Å². The van der Waals surface area contributed by atoms with Crippen LogP contribution < -0.4 is 9.46 Å². The lowest BCUT2D eigenvalue weighted by molar-refractivity contribution is 0.0342. The van der Waals surface area contributed by atoms with Crippen LogP contribution in [0.25, 0.3) is 0 Å². The van der Waals surface area contributed by atoms with Gasteiger partial charge in [0.2, 0.25) is 10.0 Å². The maximum absolute atomic E-state index is 12.7. The fraction of sp³-hybridized carbons (Fsp3) is 0.368. The predicted octanol–water partition coefficient (Wildman–Crippen LogP) is 2.66. The van der Waals surface area contributed by atoms with Crippen molar-refractivity contribution in [3.05, 3.63) is 58.6 Å². The normalized spacial score (nSPS) is 15.6. The van der Waals surface area contributed by atoms with Crippen LogP contribution in [-0.4, -0.2) is 46.7 Å². The molecule has 1 aliphatic heterocycles.